The second kappa shape index (κ2) is 5.76. The number of halogens is 1. The van der Waals surface area contributed by atoms with Gasteiger partial charge in [0.2, 0.25) is 0 Å². The van der Waals surface area contributed by atoms with E-state index in [4.69, 9.17) is 0 Å². The van der Waals surface area contributed by atoms with Gasteiger partial charge in [-0.1, -0.05) is 15.9 Å². The first kappa shape index (κ1) is 13.4. The largest absolute Gasteiger partial charge is 0.378 e. The molecule has 2 aromatic rings. The van der Waals surface area contributed by atoms with Gasteiger partial charge in [-0.25, -0.2) is 0 Å². The number of aryl methyl sites for hydroxylation is 1. The number of hydrogen-bond acceptors (Lipinski definition) is 3. The summed E-state index contributed by atoms with van der Waals surface area (Å²) in [7, 11) is 4.12. The van der Waals surface area contributed by atoms with Crippen molar-refractivity contribution < 1.29 is 0 Å². The van der Waals surface area contributed by atoms with Gasteiger partial charge in [-0.15, -0.1) is 11.3 Å². The van der Waals surface area contributed by atoms with Crippen LogP contribution in [0.15, 0.2) is 34.1 Å². The summed E-state index contributed by atoms with van der Waals surface area (Å²) in [5.41, 5.74) is 3.71. The molecular formula is C14H17BrN2S. The highest BCUT2D eigenvalue weighted by atomic mass is 79.9. The molecule has 18 heavy (non-hydrogen) atoms. The summed E-state index contributed by atoms with van der Waals surface area (Å²) in [6.07, 6.45) is 0. The van der Waals surface area contributed by atoms with Crippen molar-refractivity contribution in [3.05, 3.63) is 44.6 Å². The molecule has 0 radical (unpaired) electrons. The van der Waals surface area contributed by atoms with Crippen LogP contribution in [-0.2, 0) is 6.54 Å². The zero-order valence-electron chi connectivity index (χ0n) is 10.8. The van der Waals surface area contributed by atoms with Crippen LogP contribution in [0.4, 0.5) is 11.4 Å². The third-order valence-electron chi connectivity index (χ3n) is 2.85. The highest BCUT2D eigenvalue weighted by Crippen LogP contribution is 2.29. The summed E-state index contributed by atoms with van der Waals surface area (Å²) in [6.45, 7) is 3.03. The van der Waals surface area contributed by atoms with E-state index >= 15 is 0 Å². The topological polar surface area (TPSA) is 15.3 Å². The van der Waals surface area contributed by atoms with Gasteiger partial charge in [0.15, 0.2) is 0 Å². The van der Waals surface area contributed by atoms with Crippen LogP contribution in [0, 0.1) is 6.92 Å². The van der Waals surface area contributed by atoms with Crippen molar-refractivity contribution in [3.63, 3.8) is 0 Å². The molecule has 1 aromatic heterocycles. The summed E-state index contributed by atoms with van der Waals surface area (Å²) >= 11 is 5.32. The second-order valence-corrected chi connectivity index (χ2v) is 6.35. The molecule has 0 unspecified atom stereocenters. The Morgan fingerprint density at radius 3 is 2.67 bits per heavy atom. The standard InChI is InChI=1S/C14H17BrN2S/c1-10-6-7-18-14(10)9-16-12-8-11(15)4-5-13(12)17(2)3/h4-8,16H,9H2,1-3H3. The quantitative estimate of drug-likeness (QED) is 0.890. The molecule has 0 bridgehead atoms. The monoisotopic (exact) mass is 324 g/mol. The summed E-state index contributed by atoms with van der Waals surface area (Å²) in [5, 5.41) is 5.66. The van der Waals surface area contributed by atoms with Gasteiger partial charge in [-0.2, -0.15) is 0 Å². The van der Waals surface area contributed by atoms with Crippen LogP contribution in [-0.4, -0.2) is 14.1 Å². The Kier molecular flexibility index (Phi) is 4.30. The third-order valence-corrected chi connectivity index (χ3v) is 4.36. The second-order valence-electron chi connectivity index (χ2n) is 4.44. The van der Waals surface area contributed by atoms with Gasteiger partial charge in [-0.3, -0.25) is 0 Å². The van der Waals surface area contributed by atoms with Gasteiger partial charge >= 0.3 is 0 Å². The molecule has 0 aliphatic carbocycles. The maximum Gasteiger partial charge on any atom is 0.0597 e. The van der Waals surface area contributed by atoms with E-state index < -0.39 is 0 Å². The number of anilines is 2. The average molecular weight is 325 g/mol. The molecule has 96 valence electrons. The van der Waals surface area contributed by atoms with Crippen LogP contribution < -0.4 is 10.2 Å². The molecule has 1 N–H and O–H groups in total. The average Bonchev–Trinajstić information content (AvgIpc) is 2.72. The van der Waals surface area contributed by atoms with Crippen molar-refractivity contribution in [1.82, 2.24) is 0 Å². The van der Waals surface area contributed by atoms with Gasteiger partial charge in [0, 0.05) is 30.0 Å². The first-order chi connectivity index (χ1) is 8.58. The Hall–Kier alpha value is -1.00. The van der Waals surface area contributed by atoms with Crippen molar-refractivity contribution in [1.29, 1.82) is 0 Å². The minimum Gasteiger partial charge on any atom is -0.378 e. The molecule has 0 atom stereocenters. The first-order valence-corrected chi connectivity index (χ1v) is 7.49. The minimum absolute atomic E-state index is 0.876. The predicted molar refractivity (Wildman–Crippen MR) is 84.9 cm³/mol. The highest BCUT2D eigenvalue weighted by molar-refractivity contribution is 9.10. The van der Waals surface area contributed by atoms with Crippen molar-refractivity contribution in [2.24, 2.45) is 0 Å². The van der Waals surface area contributed by atoms with Crippen molar-refractivity contribution in [2.45, 2.75) is 13.5 Å². The van der Waals surface area contributed by atoms with E-state index in [-0.39, 0.29) is 0 Å². The van der Waals surface area contributed by atoms with Crippen LogP contribution in [0.25, 0.3) is 0 Å². The van der Waals surface area contributed by atoms with Crippen LogP contribution in [0.1, 0.15) is 10.4 Å². The van der Waals surface area contributed by atoms with Gasteiger partial charge in [0.1, 0.15) is 0 Å². The lowest BCUT2D eigenvalue weighted by atomic mass is 10.2. The Morgan fingerprint density at radius 1 is 1.28 bits per heavy atom. The van der Waals surface area contributed by atoms with E-state index in [9.17, 15) is 0 Å². The van der Waals surface area contributed by atoms with E-state index in [0.717, 1.165) is 16.7 Å². The number of nitrogens with one attached hydrogen (secondary N) is 1. The zero-order chi connectivity index (χ0) is 13.1. The molecule has 0 amide bonds. The number of hydrogen-bond donors (Lipinski definition) is 1. The normalized spacial score (nSPS) is 10.4. The lowest BCUT2D eigenvalue weighted by Crippen LogP contribution is -2.12. The Balaban J connectivity index is 2.18. The highest BCUT2D eigenvalue weighted by Gasteiger charge is 2.06. The summed E-state index contributed by atoms with van der Waals surface area (Å²) < 4.78 is 1.10. The molecule has 4 heteroatoms. The van der Waals surface area contributed by atoms with Gasteiger partial charge in [-0.05, 0) is 42.1 Å². The van der Waals surface area contributed by atoms with E-state index in [2.05, 4.69) is 76.8 Å². The molecule has 0 saturated carbocycles. The first-order valence-electron chi connectivity index (χ1n) is 5.81. The lowest BCUT2D eigenvalue weighted by Gasteiger charge is -2.18. The third kappa shape index (κ3) is 3.06. The fourth-order valence-corrected chi connectivity index (χ4v) is 3.01. The van der Waals surface area contributed by atoms with E-state index in [1.54, 1.807) is 11.3 Å². The SMILES string of the molecule is Cc1ccsc1CNc1cc(Br)ccc1N(C)C. The van der Waals surface area contributed by atoms with Gasteiger partial charge in [0.25, 0.3) is 0 Å². The Morgan fingerprint density at radius 2 is 2.06 bits per heavy atom. The molecular weight excluding hydrogens is 308 g/mol. The zero-order valence-corrected chi connectivity index (χ0v) is 13.2. The lowest BCUT2D eigenvalue weighted by molar-refractivity contribution is 1.10. The number of rotatable bonds is 4. The smallest absolute Gasteiger partial charge is 0.0597 e. The molecule has 1 aromatic carbocycles. The summed E-state index contributed by atoms with van der Waals surface area (Å²) in [6, 6.07) is 8.47. The summed E-state index contributed by atoms with van der Waals surface area (Å²) in [4.78, 5) is 3.51. The van der Waals surface area contributed by atoms with E-state index in [0.29, 0.717) is 0 Å². The van der Waals surface area contributed by atoms with Gasteiger partial charge < -0.3 is 10.2 Å². The van der Waals surface area contributed by atoms with Crippen LogP contribution in [0.2, 0.25) is 0 Å². The Labute approximate surface area is 121 Å². The van der Waals surface area contributed by atoms with Crippen molar-refractivity contribution in [3.8, 4) is 0 Å². The maximum absolute atomic E-state index is 3.52. The molecule has 0 spiro atoms. The van der Waals surface area contributed by atoms with Crippen molar-refractivity contribution >= 4 is 38.6 Å². The fraction of sp³-hybridized carbons (Fsp3) is 0.286. The van der Waals surface area contributed by atoms with Gasteiger partial charge in [0.05, 0.1) is 11.4 Å². The predicted octanol–water partition coefficient (Wildman–Crippen LogP) is 4.50. The minimum atomic E-state index is 0.876. The molecule has 2 nitrogen and oxygen atoms in total. The van der Waals surface area contributed by atoms with Crippen molar-refractivity contribution in [2.75, 3.05) is 24.3 Å². The molecule has 1 heterocycles. The van der Waals surface area contributed by atoms with E-state index in [1.807, 2.05) is 0 Å². The maximum atomic E-state index is 3.52. The van der Waals surface area contributed by atoms with Crippen LogP contribution in [0.3, 0.4) is 0 Å². The number of nitrogens with zero attached hydrogens (tertiary/aromatic N) is 1. The molecule has 0 aliphatic rings. The van der Waals surface area contributed by atoms with Crippen LogP contribution >= 0.6 is 27.3 Å². The number of thiophene rings is 1. The molecule has 0 fully saturated rings. The molecule has 2 rings (SSSR count). The van der Waals surface area contributed by atoms with E-state index in [1.165, 1.54) is 16.1 Å². The Bertz CT molecular complexity index is 534. The summed E-state index contributed by atoms with van der Waals surface area (Å²) in [5.74, 6) is 0. The molecule has 0 aliphatic heterocycles. The molecule has 0 saturated heterocycles. The number of benzene rings is 1. The fourth-order valence-electron chi connectivity index (χ4n) is 1.80. The van der Waals surface area contributed by atoms with Crippen LogP contribution in [0.5, 0.6) is 0 Å².